The molecule has 120 valence electrons. The number of nitrogens with zero attached hydrogens (tertiary/aromatic N) is 1. The SMILES string of the molecule is CCOc1cc(C#N)ccc1OS(=O)(=O)c1ccc(Br)cc1Cl. The molecule has 0 N–H and O–H groups in total. The van der Waals surface area contributed by atoms with Crippen molar-refractivity contribution < 1.29 is 17.3 Å². The van der Waals surface area contributed by atoms with Crippen LogP contribution in [0.4, 0.5) is 0 Å². The maximum atomic E-state index is 12.4. The average Bonchev–Trinajstić information content (AvgIpc) is 2.48. The van der Waals surface area contributed by atoms with Gasteiger partial charge in [0, 0.05) is 10.5 Å². The zero-order valence-corrected chi connectivity index (χ0v) is 15.1. The molecule has 2 aromatic carbocycles. The predicted molar refractivity (Wildman–Crippen MR) is 89.3 cm³/mol. The standard InChI is InChI=1S/C15H11BrClNO4S/c1-2-21-14-7-10(9-18)3-5-13(14)22-23(19,20)15-6-4-11(16)8-12(15)17/h3-8H,2H2,1H3. The second-order valence-corrected chi connectivity index (χ2v) is 7.16. The highest BCUT2D eigenvalue weighted by molar-refractivity contribution is 9.10. The van der Waals surface area contributed by atoms with Crippen LogP contribution in [0, 0.1) is 11.3 Å². The summed E-state index contributed by atoms with van der Waals surface area (Å²) >= 11 is 9.17. The number of halogens is 2. The summed E-state index contributed by atoms with van der Waals surface area (Å²) in [5, 5.41) is 8.94. The molecular formula is C15H11BrClNO4S. The molecule has 0 bridgehead atoms. The molecule has 0 unspecified atom stereocenters. The molecule has 0 aromatic heterocycles. The van der Waals surface area contributed by atoms with Crippen LogP contribution in [-0.2, 0) is 10.1 Å². The molecule has 0 saturated carbocycles. The molecule has 0 amide bonds. The van der Waals surface area contributed by atoms with Crippen molar-refractivity contribution in [1.82, 2.24) is 0 Å². The highest BCUT2D eigenvalue weighted by Crippen LogP contribution is 2.33. The van der Waals surface area contributed by atoms with Crippen LogP contribution in [0.25, 0.3) is 0 Å². The third kappa shape index (κ3) is 4.16. The summed E-state index contributed by atoms with van der Waals surface area (Å²) < 4.78 is 35.9. The number of nitriles is 1. The molecule has 0 aliphatic rings. The van der Waals surface area contributed by atoms with Crippen LogP contribution in [0.15, 0.2) is 45.8 Å². The van der Waals surface area contributed by atoms with Crippen LogP contribution in [0.5, 0.6) is 11.5 Å². The Labute approximate surface area is 147 Å². The maximum Gasteiger partial charge on any atom is 0.340 e. The largest absolute Gasteiger partial charge is 0.490 e. The summed E-state index contributed by atoms with van der Waals surface area (Å²) in [6.45, 7) is 2.03. The monoisotopic (exact) mass is 415 g/mol. The Morgan fingerprint density at radius 1 is 1.22 bits per heavy atom. The van der Waals surface area contributed by atoms with E-state index in [4.69, 9.17) is 25.8 Å². The van der Waals surface area contributed by atoms with Gasteiger partial charge in [0.05, 0.1) is 23.3 Å². The summed E-state index contributed by atoms with van der Waals surface area (Å²) in [5.74, 6) is 0.160. The van der Waals surface area contributed by atoms with E-state index < -0.39 is 10.1 Å². The zero-order valence-electron chi connectivity index (χ0n) is 11.9. The lowest BCUT2D eigenvalue weighted by molar-refractivity contribution is 0.327. The van der Waals surface area contributed by atoms with Crippen molar-refractivity contribution in [3.63, 3.8) is 0 Å². The first-order valence-electron chi connectivity index (χ1n) is 6.44. The minimum Gasteiger partial charge on any atom is -0.490 e. The molecule has 0 saturated heterocycles. The van der Waals surface area contributed by atoms with Gasteiger partial charge in [0.25, 0.3) is 0 Å². The molecule has 23 heavy (non-hydrogen) atoms. The van der Waals surface area contributed by atoms with Gasteiger partial charge in [-0.2, -0.15) is 13.7 Å². The Balaban J connectivity index is 2.43. The lowest BCUT2D eigenvalue weighted by Gasteiger charge is -2.12. The summed E-state index contributed by atoms with van der Waals surface area (Å²) in [6, 6.07) is 10.5. The van der Waals surface area contributed by atoms with Crippen molar-refractivity contribution in [3.05, 3.63) is 51.5 Å². The lowest BCUT2D eigenvalue weighted by Crippen LogP contribution is -2.11. The first-order chi connectivity index (χ1) is 10.9. The first-order valence-corrected chi connectivity index (χ1v) is 9.02. The molecule has 0 heterocycles. The van der Waals surface area contributed by atoms with Crippen LogP contribution in [0.1, 0.15) is 12.5 Å². The second kappa shape index (κ2) is 7.21. The second-order valence-electron chi connectivity index (χ2n) is 4.32. The Bertz CT molecular complexity index is 878. The summed E-state index contributed by atoms with van der Waals surface area (Å²) in [7, 11) is -4.14. The van der Waals surface area contributed by atoms with Gasteiger partial charge in [-0.25, -0.2) is 0 Å². The van der Waals surface area contributed by atoms with Crippen molar-refractivity contribution in [2.45, 2.75) is 11.8 Å². The fraction of sp³-hybridized carbons (Fsp3) is 0.133. The van der Waals surface area contributed by atoms with Crippen LogP contribution in [0.2, 0.25) is 5.02 Å². The van der Waals surface area contributed by atoms with Crippen molar-refractivity contribution in [1.29, 1.82) is 5.26 Å². The van der Waals surface area contributed by atoms with Crippen LogP contribution < -0.4 is 8.92 Å². The average molecular weight is 417 g/mol. The molecule has 0 aliphatic heterocycles. The fourth-order valence-corrected chi connectivity index (χ4v) is 3.71. The van der Waals surface area contributed by atoms with Crippen LogP contribution in [0.3, 0.4) is 0 Å². The molecule has 5 nitrogen and oxygen atoms in total. The highest BCUT2D eigenvalue weighted by Gasteiger charge is 2.22. The number of hydrogen-bond donors (Lipinski definition) is 0. The molecule has 0 aliphatic carbocycles. The van der Waals surface area contributed by atoms with Gasteiger partial charge in [0.15, 0.2) is 11.5 Å². The number of rotatable bonds is 5. The molecule has 0 atom stereocenters. The van der Waals surface area contributed by atoms with E-state index in [0.29, 0.717) is 16.6 Å². The molecular weight excluding hydrogens is 406 g/mol. The van der Waals surface area contributed by atoms with E-state index in [0.717, 1.165) is 0 Å². The van der Waals surface area contributed by atoms with Crippen LogP contribution in [-0.4, -0.2) is 15.0 Å². The first kappa shape index (κ1) is 17.6. The van der Waals surface area contributed by atoms with Gasteiger partial charge in [-0.3, -0.25) is 0 Å². The van der Waals surface area contributed by atoms with E-state index in [-0.39, 0.29) is 21.4 Å². The number of hydrogen-bond acceptors (Lipinski definition) is 5. The summed E-state index contributed by atoms with van der Waals surface area (Å²) in [6.07, 6.45) is 0. The van der Waals surface area contributed by atoms with Gasteiger partial charge in [0.2, 0.25) is 0 Å². The minimum absolute atomic E-state index is 0.00941. The van der Waals surface area contributed by atoms with Gasteiger partial charge >= 0.3 is 10.1 Å². The van der Waals surface area contributed by atoms with Crippen molar-refractivity contribution in [2.24, 2.45) is 0 Å². The van der Waals surface area contributed by atoms with Crippen LogP contribution >= 0.6 is 27.5 Å². The number of benzene rings is 2. The van der Waals surface area contributed by atoms with Gasteiger partial charge in [0.1, 0.15) is 4.90 Å². The smallest absolute Gasteiger partial charge is 0.340 e. The van der Waals surface area contributed by atoms with E-state index in [1.165, 1.54) is 30.3 Å². The zero-order chi connectivity index (χ0) is 17.0. The molecule has 0 fully saturated rings. The Morgan fingerprint density at radius 2 is 1.96 bits per heavy atom. The summed E-state index contributed by atoms with van der Waals surface area (Å²) in [4.78, 5) is -0.158. The molecule has 2 aromatic rings. The maximum absolute atomic E-state index is 12.4. The van der Waals surface area contributed by atoms with Crippen molar-refractivity contribution >= 4 is 37.6 Å². The number of ether oxygens (including phenoxy) is 1. The minimum atomic E-state index is -4.14. The highest BCUT2D eigenvalue weighted by atomic mass is 79.9. The van der Waals surface area contributed by atoms with Gasteiger partial charge < -0.3 is 8.92 Å². The topological polar surface area (TPSA) is 76.4 Å². The third-order valence-corrected chi connectivity index (χ3v) is 4.95. The Morgan fingerprint density at radius 3 is 2.57 bits per heavy atom. The molecule has 8 heteroatoms. The third-order valence-electron chi connectivity index (χ3n) is 2.74. The summed E-state index contributed by atoms with van der Waals surface area (Å²) in [5.41, 5.74) is 0.333. The van der Waals surface area contributed by atoms with Gasteiger partial charge in [-0.1, -0.05) is 27.5 Å². The van der Waals surface area contributed by atoms with E-state index in [1.54, 1.807) is 13.0 Å². The molecule has 2 rings (SSSR count). The normalized spacial score (nSPS) is 10.9. The van der Waals surface area contributed by atoms with Crippen molar-refractivity contribution in [3.8, 4) is 17.6 Å². The van der Waals surface area contributed by atoms with E-state index >= 15 is 0 Å². The Hall–Kier alpha value is -1.75. The van der Waals surface area contributed by atoms with E-state index in [9.17, 15) is 8.42 Å². The quantitative estimate of drug-likeness (QED) is 0.685. The Kier molecular flexibility index (Phi) is 5.52. The predicted octanol–water partition coefficient (Wildman–Crippen LogP) is 4.14. The van der Waals surface area contributed by atoms with E-state index in [2.05, 4.69) is 15.9 Å². The fourth-order valence-electron chi connectivity index (χ4n) is 1.76. The molecule has 0 spiro atoms. The van der Waals surface area contributed by atoms with E-state index in [1.807, 2.05) is 6.07 Å². The van der Waals surface area contributed by atoms with Gasteiger partial charge in [-0.05, 0) is 37.3 Å². The van der Waals surface area contributed by atoms with Gasteiger partial charge in [-0.15, -0.1) is 0 Å². The van der Waals surface area contributed by atoms with Crippen molar-refractivity contribution in [2.75, 3.05) is 6.61 Å². The lowest BCUT2D eigenvalue weighted by atomic mass is 10.2. The molecule has 0 radical (unpaired) electrons.